The predicted octanol–water partition coefficient (Wildman–Crippen LogP) is 2.25. The maximum absolute atomic E-state index is 11.9. The average molecular weight is 257 g/mol. The van der Waals surface area contributed by atoms with Crippen LogP contribution in [0.15, 0.2) is 18.2 Å². The number of hydrogen-bond acceptors (Lipinski definition) is 2. The molecule has 3 heteroatoms. The van der Waals surface area contributed by atoms with Crippen molar-refractivity contribution < 1.29 is 9.90 Å². The maximum Gasteiger partial charge on any atom is 0.226 e. The van der Waals surface area contributed by atoms with E-state index in [0.717, 1.165) is 36.2 Å². The number of amides is 1. The van der Waals surface area contributed by atoms with Crippen LogP contribution < -0.4 is 4.90 Å². The van der Waals surface area contributed by atoms with Crippen molar-refractivity contribution in [3.8, 4) is 11.8 Å². The molecule has 1 fully saturated rings. The molecule has 1 aliphatic rings. The SMILES string of the molecule is Cc1cc(N2CCCCC2=O)ccc1C#CCCO. The summed E-state index contributed by atoms with van der Waals surface area (Å²) < 4.78 is 0. The zero-order valence-corrected chi connectivity index (χ0v) is 11.3. The van der Waals surface area contributed by atoms with Crippen molar-refractivity contribution in [2.75, 3.05) is 18.1 Å². The van der Waals surface area contributed by atoms with Gasteiger partial charge in [0.1, 0.15) is 0 Å². The molecule has 0 atom stereocenters. The Morgan fingerprint density at radius 1 is 1.37 bits per heavy atom. The summed E-state index contributed by atoms with van der Waals surface area (Å²) in [6.07, 6.45) is 3.21. The average Bonchev–Trinajstić information content (AvgIpc) is 2.41. The second-order valence-electron chi connectivity index (χ2n) is 4.78. The van der Waals surface area contributed by atoms with Crippen LogP contribution >= 0.6 is 0 Å². The first kappa shape index (κ1) is 13.6. The van der Waals surface area contributed by atoms with Crippen molar-refractivity contribution in [2.45, 2.75) is 32.6 Å². The summed E-state index contributed by atoms with van der Waals surface area (Å²) in [6.45, 7) is 2.90. The number of hydrogen-bond donors (Lipinski definition) is 1. The quantitative estimate of drug-likeness (QED) is 0.825. The van der Waals surface area contributed by atoms with E-state index in [1.807, 2.05) is 30.0 Å². The van der Waals surface area contributed by atoms with Gasteiger partial charge < -0.3 is 10.0 Å². The van der Waals surface area contributed by atoms with Gasteiger partial charge >= 0.3 is 0 Å². The molecule has 1 N–H and O–H groups in total. The number of aliphatic hydroxyl groups is 1. The monoisotopic (exact) mass is 257 g/mol. The van der Waals surface area contributed by atoms with Gasteiger partial charge in [0.25, 0.3) is 0 Å². The maximum atomic E-state index is 11.9. The van der Waals surface area contributed by atoms with E-state index in [-0.39, 0.29) is 12.5 Å². The van der Waals surface area contributed by atoms with E-state index in [1.165, 1.54) is 0 Å². The molecule has 0 radical (unpaired) electrons. The van der Waals surface area contributed by atoms with Crippen molar-refractivity contribution in [3.05, 3.63) is 29.3 Å². The molecule has 1 aliphatic heterocycles. The number of piperidine rings is 1. The summed E-state index contributed by atoms with van der Waals surface area (Å²) >= 11 is 0. The fraction of sp³-hybridized carbons (Fsp3) is 0.438. The van der Waals surface area contributed by atoms with E-state index in [1.54, 1.807) is 0 Å². The Morgan fingerprint density at radius 3 is 2.89 bits per heavy atom. The summed E-state index contributed by atoms with van der Waals surface area (Å²) in [5.74, 6) is 6.17. The molecule has 0 spiro atoms. The molecule has 100 valence electrons. The van der Waals surface area contributed by atoms with Gasteiger partial charge in [-0.1, -0.05) is 11.8 Å². The zero-order chi connectivity index (χ0) is 13.7. The van der Waals surface area contributed by atoms with Gasteiger partial charge in [-0.3, -0.25) is 4.79 Å². The van der Waals surface area contributed by atoms with Crippen molar-refractivity contribution in [3.63, 3.8) is 0 Å². The van der Waals surface area contributed by atoms with Crippen LogP contribution in [0.2, 0.25) is 0 Å². The van der Waals surface area contributed by atoms with Crippen LogP contribution in [0, 0.1) is 18.8 Å². The van der Waals surface area contributed by atoms with E-state index >= 15 is 0 Å². The van der Waals surface area contributed by atoms with Gasteiger partial charge in [0, 0.05) is 30.6 Å². The number of carbonyl (C=O) groups excluding carboxylic acids is 1. The van der Waals surface area contributed by atoms with Gasteiger partial charge in [0.2, 0.25) is 5.91 Å². The highest BCUT2D eigenvalue weighted by atomic mass is 16.2. The molecule has 0 unspecified atom stereocenters. The fourth-order valence-electron chi connectivity index (χ4n) is 2.25. The van der Waals surface area contributed by atoms with E-state index in [0.29, 0.717) is 12.8 Å². The van der Waals surface area contributed by atoms with Gasteiger partial charge in [-0.15, -0.1) is 0 Å². The summed E-state index contributed by atoms with van der Waals surface area (Å²) in [4.78, 5) is 13.7. The van der Waals surface area contributed by atoms with Crippen LogP contribution in [-0.4, -0.2) is 24.2 Å². The number of anilines is 1. The Balaban J connectivity index is 2.19. The molecular formula is C16H19NO2. The molecule has 1 amide bonds. The molecule has 0 saturated carbocycles. The second kappa shape index (κ2) is 6.40. The number of rotatable bonds is 2. The first-order valence-electron chi connectivity index (χ1n) is 6.73. The number of aliphatic hydroxyl groups excluding tert-OH is 1. The van der Waals surface area contributed by atoms with Crippen LogP contribution in [0.1, 0.15) is 36.8 Å². The molecule has 19 heavy (non-hydrogen) atoms. The molecule has 0 bridgehead atoms. The predicted molar refractivity (Wildman–Crippen MR) is 76.0 cm³/mol. The van der Waals surface area contributed by atoms with Gasteiger partial charge in [0.15, 0.2) is 0 Å². The minimum absolute atomic E-state index is 0.0897. The summed E-state index contributed by atoms with van der Waals surface area (Å²) in [5.41, 5.74) is 3.00. The summed E-state index contributed by atoms with van der Waals surface area (Å²) in [7, 11) is 0. The fourth-order valence-corrected chi connectivity index (χ4v) is 2.25. The molecule has 0 aliphatic carbocycles. The van der Waals surface area contributed by atoms with Gasteiger partial charge in [-0.05, 0) is 43.5 Å². The standard InChI is InChI=1S/C16H19NO2/c1-13-12-15(17-10-4-2-7-16(17)19)9-8-14(13)6-3-5-11-18/h8-9,12,18H,2,4-5,7,10-11H2,1H3. The smallest absolute Gasteiger partial charge is 0.226 e. The van der Waals surface area contributed by atoms with E-state index in [9.17, 15) is 4.79 Å². The molecule has 0 aromatic heterocycles. The minimum atomic E-state index is 0.0897. The third kappa shape index (κ3) is 3.36. The third-order valence-electron chi connectivity index (χ3n) is 3.30. The number of aryl methyl sites for hydroxylation is 1. The molecule has 1 saturated heterocycles. The third-order valence-corrected chi connectivity index (χ3v) is 3.30. The van der Waals surface area contributed by atoms with Crippen LogP contribution in [-0.2, 0) is 4.79 Å². The molecule has 3 nitrogen and oxygen atoms in total. The lowest BCUT2D eigenvalue weighted by Gasteiger charge is -2.27. The summed E-state index contributed by atoms with van der Waals surface area (Å²) in [6, 6.07) is 5.93. The summed E-state index contributed by atoms with van der Waals surface area (Å²) in [5, 5.41) is 8.71. The van der Waals surface area contributed by atoms with Crippen molar-refractivity contribution >= 4 is 11.6 Å². The number of benzene rings is 1. The van der Waals surface area contributed by atoms with Gasteiger partial charge in [0.05, 0.1) is 6.61 Å². The van der Waals surface area contributed by atoms with E-state index in [4.69, 9.17) is 5.11 Å². The molecular weight excluding hydrogens is 238 g/mol. The Kier molecular flexibility index (Phi) is 4.59. The lowest BCUT2D eigenvalue weighted by molar-refractivity contribution is -0.119. The highest BCUT2D eigenvalue weighted by Gasteiger charge is 2.19. The normalized spacial score (nSPS) is 15.1. The molecule has 1 heterocycles. The second-order valence-corrected chi connectivity index (χ2v) is 4.78. The highest BCUT2D eigenvalue weighted by molar-refractivity contribution is 5.94. The number of carbonyl (C=O) groups is 1. The zero-order valence-electron chi connectivity index (χ0n) is 11.3. The van der Waals surface area contributed by atoms with Gasteiger partial charge in [-0.2, -0.15) is 0 Å². The Hall–Kier alpha value is -1.79. The molecule has 1 aromatic carbocycles. The minimum Gasteiger partial charge on any atom is -0.395 e. The van der Waals surface area contributed by atoms with E-state index in [2.05, 4.69) is 11.8 Å². The first-order valence-corrected chi connectivity index (χ1v) is 6.73. The first-order chi connectivity index (χ1) is 9.22. The van der Waals surface area contributed by atoms with Crippen molar-refractivity contribution in [1.29, 1.82) is 0 Å². The molecule has 1 aromatic rings. The lowest BCUT2D eigenvalue weighted by atomic mass is 10.1. The largest absolute Gasteiger partial charge is 0.395 e. The van der Waals surface area contributed by atoms with Gasteiger partial charge in [-0.25, -0.2) is 0 Å². The Bertz CT molecular complexity index is 525. The number of nitrogens with zero attached hydrogens (tertiary/aromatic N) is 1. The van der Waals surface area contributed by atoms with Crippen LogP contribution in [0.4, 0.5) is 5.69 Å². The lowest BCUT2D eigenvalue weighted by Crippen LogP contribution is -2.35. The van der Waals surface area contributed by atoms with Crippen LogP contribution in [0.25, 0.3) is 0 Å². The Morgan fingerprint density at radius 2 is 2.21 bits per heavy atom. The van der Waals surface area contributed by atoms with Crippen LogP contribution in [0.5, 0.6) is 0 Å². The van der Waals surface area contributed by atoms with E-state index < -0.39 is 0 Å². The van der Waals surface area contributed by atoms with Crippen molar-refractivity contribution in [1.82, 2.24) is 0 Å². The Labute approximate surface area is 114 Å². The topological polar surface area (TPSA) is 40.5 Å². The van der Waals surface area contributed by atoms with Crippen molar-refractivity contribution in [2.24, 2.45) is 0 Å². The van der Waals surface area contributed by atoms with Crippen LogP contribution in [0.3, 0.4) is 0 Å². The molecule has 2 rings (SSSR count). The highest BCUT2D eigenvalue weighted by Crippen LogP contribution is 2.23.